The highest BCUT2D eigenvalue weighted by atomic mass is 19.1. The normalized spacial score (nSPS) is 11.6. The van der Waals surface area contributed by atoms with Gasteiger partial charge < -0.3 is 10.1 Å². The predicted molar refractivity (Wildman–Crippen MR) is 65.8 cm³/mol. The standard InChI is InChI=1S/C12H17FN2O3/c1-12(2,8-18-3)14-7-9-4-5-11(15(16)17)10(13)6-9/h4-6,14H,7-8H2,1-3H3. The molecule has 0 aliphatic carbocycles. The summed E-state index contributed by atoms with van der Waals surface area (Å²) >= 11 is 0. The van der Waals surface area contributed by atoms with Gasteiger partial charge in [0.1, 0.15) is 0 Å². The zero-order valence-electron chi connectivity index (χ0n) is 10.7. The Morgan fingerprint density at radius 3 is 2.67 bits per heavy atom. The molecule has 0 radical (unpaired) electrons. The van der Waals surface area contributed by atoms with Gasteiger partial charge in [-0.05, 0) is 25.5 Å². The summed E-state index contributed by atoms with van der Waals surface area (Å²) in [6, 6.07) is 3.89. The first-order chi connectivity index (χ1) is 8.35. The van der Waals surface area contributed by atoms with E-state index < -0.39 is 16.4 Å². The first kappa shape index (κ1) is 14.5. The van der Waals surface area contributed by atoms with Crippen molar-refractivity contribution in [1.29, 1.82) is 0 Å². The Morgan fingerprint density at radius 2 is 2.17 bits per heavy atom. The Labute approximate surface area is 105 Å². The second-order valence-electron chi connectivity index (χ2n) is 4.71. The van der Waals surface area contributed by atoms with Gasteiger partial charge in [-0.2, -0.15) is 4.39 Å². The summed E-state index contributed by atoms with van der Waals surface area (Å²) in [4.78, 5) is 9.73. The molecule has 5 nitrogen and oxygen atoms in total. The Morgan fingerprint density at radius 1 is 1.50 bits per heavy atom. The van der Waals surface area contributed by atoms with Crippen LogP contribution in [0.1, 0.15) is 19.4 Å². The Balaban J connectivity index is 2.70. The molecule has 0 bridgehead atoms. The third kappa shape index (κ3) is 4.05. The van der Waals surface area contributed by atoms with Gasteiger partial charge in [0.05, 0.1) is 11.5 Å². The van der Waals surface area contributed by atoms with Gasteiger partial charge in [-0.15, -0.1) is 0 Å². The third-order valence-electron chi connectivity index (χ3n) is 2.49. The number of ether oxygens (including phenoxy) is 1. The minimum absolute atomic E-state index is 0.243. The predicted octanol–water partition coefficient (Wildman–Crippen LogP) is 2.25. The summed E-state index contributed by atoms with van der Waals surface area (Å²) in [6.07, 6.45) is 0. The van der Waals surface area contributed by atoms with Crippen molar-refractivity contribution in [3.63, 3.8) is 0 Å². The fourth-order valence-corrected chi connectivity index (χ4v) is 1.56. The van der Waals surface area contributed by atoms with Gasteiger partial charge in [-0.25, -0.2) is 0 Å². The number of methoxy groups -OCH3 is 1. The summed E-state index contributed by atoms with van der Waals surface area (Å²) in [6.45, 7) is 4.85. The summed E-state index contributed by atoms with van der Waals surface area (Å²) in [5.41, 5.74) is -0.0929. The highest BCUT2D eigenvalue weighted by Gasteiger charge is 2.18. The van der Waals surface area contributed by atoms with E-state index in [4.69, 9.17) is 4.74 Å². The lowest BCUT2D eigenvalue weighted by Gasteiger charge is -2.25. The first-order valence-electron chi connectivity index (χ1n) is 5.52. The van der Waals surface area contributed by atoms with Crippen LogP contribution < -0.4 is 5.32 Å². The maximum atomic E-state index is 13.4. The van der Waals surface area contributed by atoms with E-state index >= 15 is 0 Å². The quantitative estimate of drug-likeness (QED) is 0.626. The van der Waals surface area contributed by atoms with Gasteiger partial charge in [0.15, 0.2) is 0 Å². The Kier molecular flexibility index (Phi) is 4.75. The van der Waals surface area contributed by atoms with Crippen LogP contribution in [0.4, 0.5) is 10.1 Å². The highest BCUT2D eigenvalue weighted by Crippen LogP contribution is 2.18. The van der Waals surface area contributed by atoms with Crippen LogP contribution >= 0.6 is 0 Å². The molecule has 0 amide bonds. The molecule has 0 spiro atoms. The molecule has 1 N–H and O–H groups in total. The van der Waals surface area contributed by atoms with Crippen molar-refractivity contribution in [2.75, 3.05) is 13.7 Å². The largest absolute Gasteiger partial charge is 0.383 e. The molecule has 0 atom stereocenters. The zero-order chi connectivity index (χ0) is 13.8. The molecule has 0 unspecified atom stereocenters. The maximum absolute atomic E-state index is 13.4. The summed E-state index contributed by atoms with van der Waals surface area (Å²) in [5, 5.41) is 13.7. The molecule has 0 saturated carbocycles. The molecular weight excluding hydrogens is 239 g/mol. The lowest BCUT2D eigenvalue weighted by atomic mass is 10.1. The molecular formula is C12H17FN2O3. The smallest absolute Gasteiger partial charge is 0.304 e. The number of benzene rings is 1. The molecule has 0 aromatic heterocycles. The van der Waals surface area contributed by atoms with E-state index in [1.54, 1.807) is 7.11 Å². The fraction of sp³-hybridized carbons (Fsp3) is 0.500. The van der Waals surface area contributed by atoms with Crippen molar-refractivity contribution in [2.45, 2.75) is 25.9 Å². The topological polar surface area (TPSA) is 64.4 Å². The molecule has 1 rings (SSSR count). The van der Waals surface area contributed by atoms with Crippen LogP contribution in [0.5, 0.6) is 0 Å². The van der Waals surface area contributed by atoms with E-state index in [1.807, 2.05) is 13.8 Å². The summed E-state index contributed by atoms with van der Waals surface area (Å²) < 4.78 is 18.4. The lowest BCUT2D eigenvalue weighted by Crippen LogP contribution is -2.42. The number of halogens is 1. The van der Waals surface area contributed by atoms with Crippen molar-refractivity contribution in [3.05, 3.63) is 39.7 Å². The van der Waals surface area contributed by atoms with Crippen molar-refractivity contribution in [3.8, 4) is 0 Å². The Bertz CT molecular complexity index is 435. The average Bonchev–Trinajstić information content (AvgIpc) is 2.26. The van der Waals surface area contributed by atoms with Crippen LogP contribution in [-0.2, 0) is 11.3 Å². The highest BCUT2D eigenvalue weighted by molar-refractivity contribution is 5.34. The molecule has 18 heavy (non-hydrogen) atoms. The maximum Gasteiger partial charge on any atom is 0.304 e. The fourth-order valence-electron chi connectivity index (χ4n) is 1.56. The third-order valence-corrected chi connectivity index (χ3v) is 2.49. The summed E-state index contributed by atoms with van der Waals surface area (Å²) in [5.74, 6) is -0.816. The number of nitro groups is 1. The second kappa shape index (κ2) is 5.88. The van der Waals surface area contributed by atoms with E-state index in [0.717, 1.165) is 0 Å². The van der Waals surface area contributed by atoms with E-state index in [0.29, 0.717) is 18.7 Å². The molecule has 1 aromatic carbocycles. The monoisotopic (exact) mass is 256 g/mol. The zero-order valence-corrected chi connectivity index (χ0v) is 10.7. The van der Waals surface area contributed by atoms with Crippen LogP contribution in [0.25, 0.3) is 0 Å². The number of nitrogens with zero attached hydrogens (tertiary/aromatic N) is 1. The molecule has 0 saturated heterocycles. The van der Waals surface area contributed by atoms with E-state index in [2.05, 4.69) is 5.32 Å². The molecule has 0 fully saturated rings. The van der Waals surface area contributed by atoms with Crippen molar-refractivity contribution < 1.29 is 14.1 Å². The first-order valence-corrected chi connectivity index (χ1v) is 5.52. The number of hydrogen-bond donors (Lipinski definition) is 1. The number of rotatable bonds is 6. The van der Waals surface area contributed by atoms with Crippen LogP contribution in [0.3, 0.4) is 0 Å². The van der Waals surface area contributed by atoms with Gasteiger partial charge in [-0.3, -0.25) is 10.1 Å². The number of nitro benzene ring substituents is 1. The van der Waals surface area contributed by atoms with Gasteiger partial charge in [0.25, 0.3) is 0 Å². The summed E-state index contributed by atoms with van der Waals surface area (Å²) in [7, 11) is 1.61. The SMILES string of the molecule is COCC(C)(C)NCc1ccc([N+](=O)[O-])c(F)c1. The van der Waals surface area contributed by atoms with Crippen molar-refractivity contribution in [1.82, 2.24) is 5.32 Å². The van der Waals surface area contributed by atoms with Crippen LogP contribution in [0.15, 0.2) is 18.2 Å². The van der Waals surface area contributed by atoms with Gasteiger partial charge in [0.2, 0.25) is 5.82 Å². The minimum Gasteiger partial charge on any atom is -0.383 e. The molecule has 0 heterocycles. The molecule has 1 aromatic rings. The van der Waals surface area contributed by atoms with Gasteiger partial charge >= 0.3 is 5.69 Å². The molecule has 6 heteroatoms. The molecule has 0 aliphatic rings. The van der Waals surface area contributed by atoms with Gasteiger partial charge in [-0.1, -0.05) is 6.07 Å². The van der Waals surface area contributed by atoms with Crippen LogP contribution in [-0.4, -0.2) is 24.2 Å². The molecule has 0 aliphatic heterocycles. The van der Waals surface area contributed by atoms with Gasteiger partial charge in [0, 0.05) is 25.3 Å². The lowest BCUT2D eigenvalue weighted by molar-refractivity contribution is -0.387. The van der Waals surface area contributed by atoms with E-state index in [9.17, 15) is 14.5 Å². The second-order valence-corrected chi connectivity index (χ2v) is 4.71. The van der Waals surface area contributed by atoms with Crippen LogP contribution in [0, 0.1) is 15.9 Å². The van der Waals surface area contributed by atoms with E-state index in [1.165, 1.54) is 18.2 Å². The molecule has 100 valence electrons. The average molecular weight is 256 g/mol. The number of nitrogens with one attached hydrogen (secondary N) is 1. The minimum atomic E-state index is -0.816. The number of hydrogen-bond acceptors (Lipinski definition) is 4. The van der Waals surface area contributed by atoms with E-state index in [-0.39, 0.29) is 5.54 Å². The van der Waals surface area contributed by atoms with Crippen molar-refractivity contribution in [2.24, 2.45) is 0 Å². The van der Waals surface area contributed by atoms with Crippen LogP contribution in [0.2, 0.25) is 0 Å². The Hall–Kier alpha value is -1.53. The van der Waals surface area contributed by atoms with Crippen molar-refractivity contribution >= 4 is 5.69 Å².